The van der Waals surface area contributed by atoms with Gasteiger partial charge in [0.05, 0.1) is 22.2 Å². The average molecular weight is 398 g/mol. The lowest BCUT2D eigenvalue weighted by atomic mass is 10.1. The van der Waals surface area contributed by atoms with Gasteiger partial charge in [0.25, 0.3) is 0 Å². The maximum absolute atomic E-state index is 13.2. The number of halogens is 1. The van der Waals surface area contributed by atoms with Gasteiger partial charge in [-0.1, -0.05) is 12.1 Å². The van der Waals surface area contributed by atoms with Crippen LogP contribution >= 0.6 is 0 Å². The molecule has 3 aromatic carbocycles. The SMILES string of the molecule is Cc1cc(Nc2nc3ccccc3n2C)c2cc(Oc3ccc(F)cc3)ccc2n1. The van der Waals surface area contributed by atoms with Crippen LogP contribution in [0.4, 0.5) is 16.0 Å². The molecular formula is C24H19FN4O. The largest absolute Gasteiger partial charge is 0.457 e. The van der Waals surface area contributed by atoms with E-state index in [1.54, 1.807) is 12.1 Å². The Morgan fingerprint density at radius 3 is 2.43 bits per heavy atom. The molecule has 2 heterocycles. The molecule has 1 N–H and O–H groups in total. The Morgan fingerprint density at radius 2 is 1.63 bits per heavy atom. The number of aromatic nitrogens is 3. The molecule has 0 saturated heterocycles. The fraction of sp³-hybridized carbons (Fsp3) is 0.0833. The van der Waals surface area contributed by atoms with Gasteiger partial charge in [-0.05, 0) is 67.6 Å². The molecule has 0 fully saturated rings. The van der Waals surface area contributed by atoms with E-state index in [-0.39, 0.29) is 5.82 Å². The molecule has 30 heavy (non-hydrogen) atoms. The Hall–Kier alpha value is -3.93. The average Bonchev–Trinajstić information content (AvgIpc) is 3.06. The summed E-state index contributed by atoms with van der Waals surface area (Å²) < 4.78 is 21.1. The van der Waals surface area contributed by atoms with E-state index in [9.17, 15) is 4.39 Å². The fourth-order valence-electron chi connectivity index (χ4n) is 3.52. The summed E-state index contributed by atoms with van der Waals surface area (Å²) in [5.41, 5.74) is 4.62. The lowest BCUT2D eigenvalue weighted by Crippen LogP contribution is -2.01. The third-order valence-electron chi connectivity index (χ3n) is 4.99. The van der Waals surface area contributed by atoms with Crippen molar-refractivity contribution < 1.29 is 9.13 Å². The number of pyridine rings is 1. The molecule has 0 atom stereocenters. The summed E-state index contributed by atoms with van der Waals surface area (Å²) in [5.74, 6) is 1.66. The Kier molecular flexibility index (Phi) is 4.32. The van der Waals surface area contributed by atoms with Crippen LogP contribution in [0, 0.1) is 12.7 Å². The van der Waals surface area contributed by atoms with Crippen LogP contribution in [-0.4, -0.2) is 14.5 Å². The Morgan fingerprint density at radius 1 is 0.867 bits per heavy atom. The first-order valence-electron chi connectivity index (χ1n) is 9.60. The summed E-state index contributed by atoms with van der Waals surface area (Å²) in [5, 5.41) is 4.36. The number of hydrogen-bond donors (Lipinski definition) is 1. The molecule has 0 aliphatic rings. The second-order valence-corrected chi connectivity index (χ2v) is 7.15. The van der Waals surface area contributed by atoms with E-state index >= 15 is 0 Å². The molecule has 0 radical (unpaired) electrons. The zero-order valence-corrected chi connectivity index (χ0v) is 16.6. The van der Waals surface area contributed by atoms with E-state index in [4.69, 9.17) is 9.72 Å². The van der Waals surface area contributed by atoms with Crippen molar-refractivity contribution in [1.82, 2.24) is 14.5 Å². The zero-order chi connectivity index (χ0) is 20.7. The van der Waals surface area contributed by atoms with Gasteiger partial charge in [-0.25, -0.2) is 9.37 Å². The quantitative estimate of drug-likeness (QED) is 0.397. The van der Waals surface area contributed by atoms with Crippen molar-refractivity contribution in [3.8, 4) is 11.5 Å². The van der Waals surface area contributed by atoms with Gasteiger partial charge in [-0.15, -0.1) is 0 Å². The number of aryl methyl sites for hydroxylation is 2. The number of hydrogen-bond acceptors (Lipinski definition) is 4. The van der Waals surface area contributed by atoms with Crippen LogP contribution in [-0.2, 0) is 7.05 Å². The van der Waals surface area contributed by atoms with Gasteiger partial charge in [0.15, 0.2) is 0 Å². The van der Waals surface area contributed by atoms with E-state index in [0.717, 1.165) is 39.3 Å². The summed E-state index contributed by atoms with van der Waals surface area (Å²) in [6.45, 7) is 1.96. The summed E-state index contributed by atoms with van der Waals surface area (Å²) >= 11 is 0. The molecule has 0 aliphatic carbocycles. The van der Waals surface area contributed by atoms with E-state index in [1.165, 1.54) is 12.1 Å². The van der Waals surface area contributed by atoms with Gasteiger partial charge < -0.3 is 14.6 Å². The van der Waals surface area contributed by atoms with Gasteiger partial charge in [-0.2, -0.15) is 0 Å². The zero-order valence-electron chi connectivity index (χ0n) is 16.6. The predicted molar refractivity (Wildman–Crippen MR) is 117 cm³/mol. The fourth-order valence-corrected chi connectivity index (χ4v) is 3.52. The molecule has 0 bridgehead atoms. The van der Waals surface area contributed by atoms with Gasteiger partial charge >= 0.3 is 0 Å². The highest BCUT2D eigenvalue weighted by Gasteiger charge is 2.11. The molecule has 6 heteroatoms. The van der Waals surface area contributed by atoms with Crippen LogP contribution < -0.4 is 10.1 Å². The summed E-state index contributed by atoms with van der Waals surface area (Å²) in [6, 6.07) is 21.7. The second-order valence-electron chi connectivity index (χ2n) is 7.15. The monoisotopic (exact) mass is 398 g/mol. The van der Waals surface area contributed by atoms with Crippen molar-refractivity contribution in [2.24, 2.45) is 7.05 Å². The highest BCUT2D eigenvalue weighted by Crippen LogP contribution is 2.32. The van der Waals surface area contributed by atoms with Crippen molar-refractivity contribution >= 4 is 33.6 Å². The molecule has 0 aliphatic heterocycles. The molecule has 2 aromatic heterocycles. The number of rotatable bonds is 4. The van der Waals surface area contributed by atoms with Gasteiger partial charge in [0.1, 0.15) is 17.3 Å². The van der Waals surface area contributed by atoms with E-state index in [2.05, 4.69) is 10.3 Å². The maximum Gasteiger partial charge on any atom is 0.208 e. The maximum atomic E-state index is 13.2. The van der Waals surface area contributed by atoms with Crippen LogP contribution in [0.5, 0.6) is 11.5 Å². The summed E-state index contributed by atoms with van der Waals surface area (Å²) in [7, 11) is 1.98. The first kappa shape index (κ1) is 18.1. The number of anilines is 2. The van der Waals surface area contributed by atoms with Gasteiger partial charge in [0, 0.05) is 18.1 Å². The van der Waals surface area contributed by atoms with E-state index < -0.39 is 0 Å². The molecule has 0 saturated carbocycles. The third kappa shape index (κ3) is 3.33. The number of fused-ring (bicyclic) bond motifs is 2. The van der Waals surface area contributed by atoms with Crippen molar-refractivity contribution in [3.63, 3.8) is 0 Å². The minimum Gasteiger partial charge on any atom is -0.457 e. The number of nitrogens with one attached hydrogen (secondary N) is 1. The number of imidazole rings is 1. The van der Waals surface area contributed by atoms with Crippen molar-refractivity contribution in [1.29, 1.82) is 0 Å². The molecule has 5 nitrogen and oxygen atoms in total. The van der Waals surface area contributed by atoms with Gasteiger partial charge in [0.2, 0.25) is 5.95 Å². The highest BCUT2D eigenvalue weighted by molar-refractivity contribution is 5.94. The summed E-state index contributed by atoms with van der Waals surface area (Å²) in [4.78, 5) is 9.34. The molecule has 5 aromatic rings. The molecule has 0 unspecified atom stereocenters. The first-order valence-corrected chi connectivity index (χ1v) is 9.60. The highest BCUT2D eigenvalue weighted by atomic mass is 19.1. The number of benzene rings is 3. The number of para-hydroxylation sites is 2. The standard InChI is InChI=1S/C24H19FN4O/c1-15-13-22(28-24-27-21-5-3-4-6-23(21)29(24)2)19-14-18(11-12-20(19)26-15)30-17-9-7-16(25)8-10-17/h3-14H,1-2H3,(H,26,27,28). The summed E-state index contributed by atoms with van der Waals surface area (Å²) in [6.07, 6.45) is 0. The minimum atomic E-state index is -0.297. The topological polar surface area (TPSA) is 52.0 Å². The Labute approximate surface area is 172 Å². The minimum absolute atomic E-state index is 0.297. The molecular weight excluding hydrogens is 379 g/mol. The van der Waals surface area contributed by atoms with E-state index in [1.807, 2.05) is 67.1 Å². The molecule has 148 valence electrons. The lowest BCUT2D eigenvalue weighted by Gasteiger charge is -2.12. The predicted octanol–water partition coefficient (Wildman–Crippen LogP) is 6.10. The normalized spacial score (nSPS) is 11.2. The molecule has 5 rings (SSSR count). The van der Waals surface area contributed by atoms with Crippen LogP contribution in [0.2, 0.25) is 0 Å². The van der Waals surface area contributed by atoms with Crippen LogP contribution in [0.25, 0.3) is 21.9 Å². The number of ether oxygens (including phenoxy) is 1. The van der Waals surface area contributed by atoms with E-state index in [0.29, 0.717) is 11.5 Å². The first-order chi connectivity index (χ1) is 14.6. The van der Waals surface area contributed by atoms with Crippen LogP contribution in [0.15, 0.2) is 72.8 Å². The molecule has 0 spiro atoms. The Bertz CT molecular complexity index is 1380. The van der Waals surface area contributed by atoms with Crippen LogP contribution in [0.1, 0.15) is 5.69 Å². The lowest BCUT2D eigenvalue weighted by molar-refractivity contribution is 0.481. The van der Waals surface area contributed by atoms with Gasteiger partial charge in [-0.3, -0.25) is 4.98 Å². The Balaban J connectivity index is 1.56. The van der Waals surface area contributed by atoms with Crippen molar-refractivity contribution in [2.75, 3.05) is 5.32 Å². The smallest absolute Gasteiger partial charge is 0.208 e. The second kappa shape index (κ2) is 7.15. The van der Waals surface area contributed by atoms with Crippen molar-refractivity contribution in [3.05, 3.63) is 84.3 Å². The molecule has 0 amide bonds. The number of nitrogens with zero attached hydrogens (tertiary/aromatic N) is 3. The third-order valence-corrected chi connectivity index (χ3v) is 4.99. The van der Waals surface area contributed by atoms with Crippen LogP contribution in [0.3, 0.4) is 0 Å². The van der Waals surface area contributed by atoms with Crippen molar-refractivity contribution in [2.45, 2.75) is 6.92 Å².